The molecule has 0 unspecified atom stereocenters. The van der Waals surface area contributed by atoms with Crippen molar-refractivity contribution in [2.75, 3.05) is 29.5 Å². The van der Waals surface area contributed by atoms with Crippen molar-refractivity contribution in [3.63, 3.8) is 0 Å². The van der Waals surface area contributed by atoms with Crippen LogP contribution in [0.1, 0.15) is 5.56 Å². The maximum Gasteiger partial charge on any atom is 0.245 e. The third kappa shape index (κ3) is 6.40. The maximum absolute atomic E-state index is 12.9. The number of benzene rings is 3. The van der Waals surface area contributed by atoms with Crippen LogP contribution in [0.4, 0.5) is 11.4 Å². The number of halogens is 2. The molecule has 0 heterocycles. The van der Waals surface area contributed by atoms with Gasteiger partial charge in [0.15, 0.2) is 17.2 Å². The Kier molecular flexibility index (Phi) is 7.88. The summed E-state index contributed by atoms with van der Waals surface area (Å²) in [7, 11) is -2.20. The molecule has 0 aliphatic carbocycles. The number of nitrogens with zero attached hydrogens (tertiary/aromatic N) is 1. The first-order valence-electron chi connectivity index (χ1n) is 9.72. The number of methoxy groups -OCH3 is 1. The van der Waals surface area contributed by atoms with E-state index < -0.39 is 22.5 Å². The molecular weight excluding hydrogens is 532 g/mol. The first-order chi connectivity index (χ1) is 15.6. The van der Waals surface area contributed by atoms with Gasteiger partial charge in [0, 0.05) is 9.50 Å². The monoisotopic (exact) mass is 552 g/mol. The molecule has 1 N–H and O–H groups in total. The molecule has 0 aliphatic rings. The minimum atomic E-state index is -3.73. The van der Waals surface area contributed by atoms with Gasteiger partial charge in [-0.2, -0.15) is 0 Å². The van der Waals surface area contributed by atoms with E-state index in [4.69, 9.17) is 21.1 Å². The fraction of sp³-hybridized carbons (Fsp3) is 0.174. The lowest BCUT2D eigenvalue weighted by Crippen LogP contribution is -2.37. The number of nitrogens with one attached hydrogen (secondary N) is 1. The van der Waals surface area contributed by atoms with Crippen LogP contribution in [-0.4, -0.2) is 34.2 Å². The van der Waals surface area contributed by atoms with E-state index in [0.717, 1.165) is 20.6 Å². The van der Waals surface area contributed by atoms with Gasteiger partial charge >= 0.3 is 0 Å². The van der Waals surface area contributed by atoms with Crippen LogP contribution in [0.5, 0.6) is 17.2 Å². The van der Waals surface area contributed by atoms with E-state index in [9.17, 15) is 13.2 Å². The Hall–Kier alpha value is -2.75. The predicted molar refractivity (Wildman–Crippen MR) is 134 cm³/mol. The molecule has 3 rings (SSSR count). The Balaban J connectivity index is 1.87. The van der Waals surface area contributed by atoms with Crippen molar-refractivity contribution in [1.29, 1.82) is 0 Å². The predicted octanol–water partition coefficient (Wildman–Crippen LogP) is 5.62. The highest BCUT2D eigenvalue weighted by Gasteiger charge is 2.22. The average molecular weight is 554 g/mol. The number of rotatable bonds is 8. The lowest BCUT2D eigenvalue weighted by Gasteiger charge is -2.23. The molecule has 0 fully saturated rings. The molecule has 0 aliphatic heterocycles. The average Bonchev–Trinajstić information content (AvgIpc) is 2.75. The summed E-state index contributed by atoms with van der Waals surface area (Å²) >= 11 is 9.52. The third-order valence-electron chi connectivity index (χ3n) is 4.62. The highest BCUT2D eigenvalue weighted by Crippen LogP contribution is 2.36. The van der Waals surface area contributed by atoms with Gasteiger partial charge in [-0.05, 0) is 61.0 Å². The summed E-state index contributed by atoms with van der Waals surface area (Å²) in [6.45, 7) is 1.40. The van der Waals surface area contributed by atoms with Crippen LogP contribution in [0.25, 0.3) is 0 Å². The van der Waals surface area contributed by atoms with Crippen molar-refractivity contribution in [2.45, 2.75) is 6.92 Å². The first-order valence-corrected chi connectivity index (χ1v) is 12.7. The Morgan fingerprint density at radius 3 is 2.39 bits per heavy atom. The molecule has 0 atom stereocenters. The highest BCUT2D eigenvalue weighted by atomic mass is 79.9. The lowest BCUT2D eigenvalue weighted by molar-refractivity contribution is -0.114. The van der Waals surface area contributed by atoms with Gasteiger partial charge in [0.2, 0.25) is 15.9 Å². The summed E-state index contributed by atoms with van der Waals surface area (Å²) in [5, 5.41) is 3.08. The highest BCUT2D eigenvalue weighted by molar-refractivity contribution is 9.10. The zero-order valence-electron chi connectivity index (χ0n) is 18.1. The van der Waals surface area contributed by atoms with E-state index >= 15 is 0 Å². The fourth-order valence-corrected chi connectivity index (χ4v) is 4.28. The molecule has 0 aromatic heterocycles. The van der Waals surface area contributed by atoms with Gasteiger partial charge in [0.25, 0.3) is 0 Å². The number of amides is 1. The van der Waals surface area contributed by atoms with Crippen LogP contribution < -0.4 is 19.1 Å². The standard InChI is InChI=1S/C23H22BrClN2O5S/c1-15-12-17(9-10-18(15)24)27(33(3,29)30)14-23(28)26-19-13-16(25)8-11-20(19)32-22-7-5-4-6-21(22)31-2/h4-13H,14H2,1-3H3,(H,26,28). The molecule has 33 heavy (non-hydrogen) atoms. The van der Waals surface area contributed by atoms with E-state index in [1.54, 1.807) is 54.6 Å². The molecule has 7 nitrogen and oxygen atoms in total. The van der Waals surface area contributed by atoms with Crippen LogP contribution in [-0.2, 0) is 14.8 Å². The molecule has 3 aromatic rings. The number of carbonyl (C=O) groups excluding carboxylic acids is 1. The Labute approximate surface area is 206 Å². The molecule has 0 bridgehead atoms. The Morgan fingerprint density at radius 1 is 1.06 bits per heavy atom. The van der Waals surface area contributed by atoms with Crippen molar-refractivity contribution in [1.82, 2.24) is 0 Å². The molecule has 10 heteroatoms. The van der Waals surface area contributed by atoms with Crippen LogP contribution in [0.2, 0.25) is 5.02 Å². The summed E-state index contributed by atoms with van der Waals surface area (Å²) in [4.78, 5) is 12.9. The summed E-state index contributed by atoms with van der Waals surface area (Å²) in [5.74, 6) is 0.718. The minimum Gasteiger partial charge on any atom is -0.493 e. The smallest absolute Gasteiger partial charge is 0.245 e. The van der Waals surface area contributed by atoms with Crippen LogP contribution >= 0.6 is 27.5 Å². The summed E-state index contributed by atoms with van der Waals surface area (Å²) in [5.41, 5.74) is 1.51. The van der Waals surface area contributed by atoms with Gasteiger partial charge in [-0.1, -0.05) is 39.7 Å². The lowest BCUT2D eigenvalue weighted by atomic mass is 10.2. The Bertz CT molecular complexity index is 1280. The first kappa shape index (κ1) is 24.9. The van der Waals surface area contributed by atoms with Crippen LogP contribution in [0.15, 0.2) is 65.1 Å². The molecular formula is C23H22BrClN2O5S. The maximum atomic E-state index is 12.9. The topological polar surface area (TPSA) is 84.9 Å². The van der Waals surface area contributed by atoms with Crippen molar-refractivity contribution in [2.24, 2.45) is 0 Å². The van der Waals surface area contributed by atoms with E-state index in [1.165, 1.54) is 13.2 Å². The second-order valence-corrected chi connectivity index (χ2v) is 10.3. The number of aryl methyl sites for hydroxylation is 1. The van der Waals surface area contributed by atoms with Crippen molar-refractivity contribution in [3.8, 4) is 17.2 Å². The van der Waals surface area contributed by atoms with Gasteiger partial charge in [0.05, 0.1) is 24.7 Å². The van der Waals surface area contributed by atoms with Gasteiger partial charge in [-0.25, -0.2) is 8.42 Å². The number of para-hydroxylation sites is 2. The van der Waals surface area contributed by atoms with Crippen molar-refractivity contribution >= 4 is 54.8 Å². The van der Waals surface area contributed by atoms with E-state index in [2.05, 4.69) is 21.2 Å². The van der Waals surface area contributed by atoms with Crippen molar-refractivity contribution < 1.29 is 22.7 Å². The summed E-state index contributed by atoms with van der Waals surface area (Å²) < 4.78 is 38.0. The second-order valence-electron chi connectivity index (χ2n) is 7.14. The van der Waals surface area contributed by atoms with Gasteiger partial charge in [-0.3, -0.25) is 9.10 Å². The Morgan fingerprint density at radius 2 is 1.76 bits per heavy atom. The SMILES string of the molecule is COc1ccccc1Oc1ccc(Cl)cc1NC(=O)CN(c1ccc(Br)c(C)c1)S(C)(=O)=O. The van der Waals surface area contributed by atoms with Crippen LogP contribution in [0.3, 0.4) is 0 Å². The minimum absolute atomic E-state index is 0.291. The number of carbonyl (C=O) groups is 1. The van der Waals surface area contributed by atoms with Gasteiger partial charge < -0.3 is 14.8 Å². The van der Waals surface area contributed by atoms with Crippen molar-refractivity contribution in [3.05, 3.63) is 75.7 Å². The molecule has 0 radical (unpaired) electrons. The van der Waals surface area contributed by atoms with Gasteiger partial charge in [-0.15, -0.1) is 0 Å². The zero-order valence-corrected chi connectivity index (χ0v) is 21.3. The van der Waals surface area contributed by atoms with Gasteiger partial charge in [0.1, 0.15) is 6.54 Å². The third-order valence-corrected chi connectivity index (χ3v) is 6.89. The molecule has 1 amide bonds. The second kappa shape index (κ2) is 10.5. The number of hydrogen-bond acceptors (Lipinski definition) is 5. The van der Waals surface area contributed by atoms with E-state index in [0.29, 0.717) is 33.6 Å². The molecule has 0 saturated carbocycles. The number of ether oxygens (including phenoxy) is 2. The normalized spacial score (nSPS) is 11.1. The molecule has 174 valence electrons. The largest absolute Gasteiger partial charge is 0.493 e. The van der Waals surface area contributed by atoms with E-state index in [1.807, 2.05) is 6.92 Å². The zero-order chi connectivity index (χ0) is 24.2. The number of anilines is 2. The molecule has 3 aromatic carbocycles. The van der Waals surface area contributed by atoms with E-state index in [-0.39, 0.29) is 0 Å². The molecule has 0 spiro atoms. The van der Waals surface area contributed by atoms with Crippen LogP contribution in [0, 0.1) is 6.92 Å². The quantitative estimate of drug-likeness (QED) is 0.392. The summed E-state index contributed by atoms with van der Waals surface area (Å²) in [6.07, 6.45) is 1.05. The summed E-state index contributed by atoms with van der Waals surface area (Å²) in [6, 6.07) is 16.9. The number of hydrogen-bond donors (Lipinski definition) is 1. The number of sulfonamides is 1. The molecule has 0 saturated heterocycles. The fourth-order valence-electron chi connectivity index (χ4n) is 3.01.